The second-order valence-electron chi connectivity index (χ2n) is 8.03. The molecule has 30 heavy (non-hydrogen) atoms. The number of nitrogens with zero attached hydrogens (tertiary/aromatic N) is 4. The van der Waals surface area contributed by atoms with Crippen molar-refractivity contribution >= 4 is 28.9 Å². The molecule has 0 amide bonds. The molecular formula is C21H21FN6O2. The summed E-state index contributed by atoms with van der Waals surface area (Å²) in [7, 11) is 0. The fourth-order valence-electron chi connectivity index (χ4n) is 4.99. The Morgan fingerprint density at radius 1 is 1.23 bits per heavy atom. The van der Waals surface area contributed by atoms with Gasteiger partial charge in [-0.1, -0.05) is 12.7 Å². The molecule has 0 spiro atoms. The molecule has 3 aromatic heterocycles. The van der Waals surface area contributed by atoms with Gasteiger partial charge >= 0.3 is 5.97 Å². The van der Waals surface area contributed by atoms with Crippen LogP contribution in [0.2, 0.25) is 0 Å². The first-order valence-corrected chi connectivity index (χ1v) is 10.0. The Morgan fingerprint density at radius 3 is 2.73 bits per heavy atom. The summed E-state index contributed by atoms with van der Waals surface area (Å²) in [4.78, 5) is 24.9. The number of carbonyl (C=O) groups is 1. The van der Waals surface area contributed by atoms with E-state index in [1.54, 1.807) is 12.3 Å². The fraction of sp³-hybridized carbons (Fsp3) is 0.381. The van der Waals surface area contributed by atoms with Crippen LogP contribution in [-0.2, 0) is 4.79 Å². The molecule has 3 aliphatic rings. The maximum absolute atomic E-state index is 13.7. The first-order valence-electron chi connectivity index (χ1n) is 10.0. The van der Waals surface area contributed by atoms with E-state index in [4.69, 9.17) is 0 Å². The topological polar surface area (TPSA) is 117 Å². The first-order chi connectivity index (χ1) is 14.5. The zero-order valence-electron chi connectivity index (χ0n) is 16.2. The molecule has 0 saturated heterocycles. The molecule has 9 heteroatoms. The summed E-state index contributed by atoms with van der Waals surface area (Å²) < 4.78 is 13.7. The highest BCUT2D eigenvalue weighted by Gasteiger charge is 2.47. The van der Waals surface area contributed by atoms with Crippen molar-refractivity contribution in [1.29, 1.82) is 0 Å². The van der Waals surface area contributed by atoms with Gasteiger partial charge in [0.25, 0.3) is 0 Å². The second kappa shape index (κ2) is 7.16. The van der Waals surface area contributed by atoms with Crippen LogP contribution in [0.15, 0.2) is 25.0 Å². The molecule has 0 radical (unpaired) electrons. The number of fused-ring (bicyclic) bond motifs is 4. The van der Waals surface area contributed by atoms with E-state index in [0.29, 0.717) is 39.9 Å². The van der Waals surface area contributed by atoms with Crippen LogP contribution in [0.25, 0.3) is 28.6 Å². The monoisotopic (exact) mass is 408 g/mol. The molecule has 3 aliphatic carbocycles. The largest absolute Gasteiger partial charge is 0.481 e. The number of H-pyrrole nitrogens is 1. The van der Waals surface area contributed by atoms with Crippen molar-refractivity contribution in [1.82, 2.24) is 25.1 Å². The second-order valence-corrected chi connectivity index (χ2v) is 8.03. The van der Waals surface area contributed by atoms with Crippen molar-refractivity contribution in [3.63, 3.8) is 0 Å². The minimum Gasteiger partial charge on any atom is -0.481 e. The van der Waals surface area contributed by atoms with E-state index >= 15 is 0 Å². The van der Waals surface area contributed by atoms with Crippen LogP contribution in [0.5, 0.6) is 0 Å². The van der Waals surface area contributed by atoms with E-state index in [-0.39, 0.29) is 12.0 Å². The Kier molecular flexibility index (Phi) is 4.45. The molecule has 154 valence electrons. The number of carboxylic acid groups (broad SMARTS) is 1. The molecule has 3 fully saturated rings. The van der Waals surface area contributed by atoms with E-state index < -0.39 is 17.7 Å². The summed E-state index contributed by atoms with van der Waals surface area (Å²) in [5.74, 6) is -0.370. The number of anilines is 1. The molecule has 6 rings (SSSR count). The minimum absolute atomic E-state index is 0.184. The van der Waals surface area contributed by atoms with Crippen molar-refractivity contribution in [2.75, 3.05) is 5.32 Å². The van der Waals surface area contributed by atoms with Crippen LogP contribution >= 0.6 is 0 Å². The highest BCUT2D eigenvalue weighted by Crippen LogP contribution is 2.46. The predicted molar refractivity (Wildman–Crippen MR) is 109 cm³/mol. The van der Waals surface area contributed by atoms with Crippen LogP contribution < -0.4 is 5.32 Å². The van der Waals surface area contributed by atoms with Crippen LogP contribution in [0.4, 0.5) is 10.2 Å². The normalized spacial score (nSPS) is 25.4. The average Bonchev–Trinajstić information content (AvgIpc) is 3.17. The van der Waals surface area contributed by atoms with Gasteiger partial charge < -0.3 is 10.4 Å². The number of halogens is 1. The Hall–Kier alpha value is -3.36. The fourth-order valence-corrected chi connectivity index (χ4v) is 4.99. The maximum atomic E-state index is 13.7. The standard InChI is InChI=1S/C21H21FN6O2/c1-2-10-8-23-20(17-14-7-13(22)9-24-19(14)28-27-17)26-18(10)25-16-12-5-3-11(4-6-12)15(16)21(29)30/h2,7-9,11-12,15-16H,1,3-6H2,(H,29,30)(H,23,25,26)(H,24,27,28). The molecule has 3 aromatic rings. The summed E-state index contributed by atoms with van der Waals surface area (Å²) in [6.07, 6.45) is 8.31. The lowest BCUT2D eigenvalue weighted by Gasteiger charge is -2.47. The molecule has 3 N–H and O–H groups in total. The van der Waals surface area contributed by atoms with E-state index in [1.165, 1.54) is 6.07 Å². The Morgan fingerprint density at radius 2 is 2.00 bits per heavy atom. The zero-order chi connectivity index (χ0) is 20.8. The van der Waals surface area contributed by atoms with Crippen LogP contribution in [0.3, 0.4) is 0 Å². The number of hydrogen-bond acceptors (Lipinski definition) is 6. The molecule has 8 nitrogen and oxygen atoms in total. The average molecular weight is 408 g/mol. The first kappa shape index (κ1) is 18.7. The molecule has 0 aliphatic heterocycles. The molecule has 2 atom stereocenters. The zero-order valence-corrected chi connectivity index (χ0v) is 16.2. The van der Waals surface area contributed by atoms with Crippen molar-refractivity contribution in [3.05, 3.63) is 36.4 Å². The van der Waals surface area contributed by atoms with Crippen molar-refractivity contribution in [2.24, 2.45) is 17.8 Å². The lowest BCUT2D eigenvalue weighted by molar-refractivity contribution is -0.148. The smallest absolute Gasteiger partial charge is 0.308 e. The van der Waals surface area contributed by atoms with Gasteiger partial charge in [-0.05, 0) is 43.6 Å². The van der Waals surface area contributed by atoms with Crippen LogP contribution in [0, 0.1) is 23.6 Å². The van der Waals surface area contributed by atoms with Gasteiger partial charge in [-0.25, -0.2) is 19.3 Å². The lowest BCUT2D eigenvalue weighted by Crippen LogP contribution is -2.51. The van der Waals surface area contributed by atoms with Gasteiger partial charge in [-0.3, -0.25) is 9.89 Å². The lowest BCUT2D eigenvalue weighted by atomic mass is 9.61. The number of aromatic amines is 1. The molecule has 0 aromatic carbocycles. The van der Waals surface area contributed by atoms with Gasteiger partial charge in [0.1, 0.15) is 17.3 Å². The number of carboxylic acids is 1. The number of hydrogen-bond donors (Lipinski definition) is 3. The van der Waals surface area contributed by atoms with Crippen molar-refractivity contribution < 1.29 is 14.3 Å². The Balaban J connectivity index is 1.54. The molecule has 3 heterocycles. The number of aromatic nitrogens is 5. The predicted octanol–water partition coefficient (Wildman–Crippen LogP) is 3.50. The summed E-state index contributed by atoms with van der Waals surface area (Å²) >= 11 is 0. The van der Waals surface area contributed by atoms with E-state index in [9.17, 15) is 14.3 Å². The summed E-state index contributed by atoms with van der Waals surface area (Å²) in [6.45, 7) is 3.82. The minimum atomic E-state index is -0.766. The van der Waals surface area contributed by atoms with E-state index in [2.05, 4.69) is 37.0 Å². The van der Waals surface area contributed by atoms with E-state index in [0.717, 1.165) is 31.9 Å². The van der Waals surface area contributed by atoms with Crippen LogP contribution in [-0.4, -0.2) is 42.3 Å². The third-order valence-electron chi connectivity index (χ3n) is 6.44. The number of pyridine rings is 1. The summed E-state index contributed by atoms with van der Waals surface area (Å²) in [5, 5.41) is 20.6. The number of rotatable bonds is 5. The van der Waals surface area contributed by atoms with Gasteiger partial charge in [-0.2, -0.15) is 5.10 Å². The van der Waals surface area contributed by atoms with Gasteiger partial charge in [0.15, 0.2) is 11.5 Å². The van der Waals surface area contributed by atoms with Gasteiger partial charge in [0, 0.05) is 17.8 Å². The quantitative estimate of drug-likeness (QED) is 0.591. The Labute approximate surface area is 171 Å². The third-order valence-corrected chi connectivity index (χ3v) is 6.44. The Bertz CT molecular complexity index is 1140. The van der Waals surface area contributed by atoms with Crippen LogP contribution in [0.1, 0.15) is 31.2 Å². The van der Waals surface area contributed by atoms with Gasteiger partial charge in [0.05, 0.1) is 17.5 Å². The van der Waals surface area contributed by atoms with Crippen molar-refractivity contribution in [3.8, 4) is 11.5 Å². The van der Waals surface area contributed by atoms with Gasteiger partial charge in [-0.15, -0.1) is 0 Å². The molecule has 2 bridgehead atoms. The molecular weight excluding hydrogens is 387 g/mol. The highest BCUT2D eigenvalue weighted by atomic mass is 19.1. The van der Waals surface area contributed by atoms with Gasteiger partial charge in [0.2, 0.25) is 0 Å². The third kappa shape index (κ3) is 3.01. The maximum Gasteiger partial charge on any atom is 0.308 e. The number of nitrogens with one attached hydrogen (secondary N) is 2. The molecule has 2 unspecified atom stereocenters. The van der Waals surface area contributed by atoms with E-state index in [1.807, 2.05) is 0 Å². The van der Waals surface area contributed by atoms with Crippen molar-refractivity contribution in [2.45, 2.75) is 31.7 Å². The number of aliphatic carboxylic acids is 1. The summed E-state index contributed by atoms with van der Waals surface area (Å²) in [5.41, 5.74) is 1.50. The summed E-state index contributed by atoms with van der Waals surface area (Å²) in [6, 6.07) is 1.13. The SMILES string of the molecule is C=Cc1cnc(-c2[nH]nc3ncc(F)cc23)nc1NC1C2CCC(CC2)C1C(=O)O. The molecule has 3 saturated carbocycles. The highest BCUT2D eigenvalue weighted by molar-refractivity contribution is 5.89.